The lowest BCUT2D eigenvalue weighted by Gasteiger charge is -2.50. The molecule has 2 saturated carbocycles. The van der Waals surface area contributed by atoms with E-state index < -0.39 is 0 Å². The van der Waals surface area contributed by atoms with Crippen LogP contribution in [0.4, 0.5) is 0 Å². The molecule has 0 aromatic heterocycles. The van der Waals surface area contributed by atoms with E-state index in [1.165, 1.54) is 11.1 Å². The van der Waals surface area contributed by atoms with Crippen molar-refractivity contribution in [3.05, 3.63) is 63.1 Å². The molecular formula is C28H31Cl2NO3. The maximum absolute atomic E-state index is 13.2. The van der Waals surface area contributed by atoms with Crippen LogP contribution in [0.1, 0.15) is 72.9 Å². The minimum atomic E-state index is -0.219. The number of rotatable bonds is 5. The van der Waals surface area contributed by atoms with Crippen LogP contribution in [-0.2, 0) is 11.2 Å². The Hall–Kier alpha value is -2.04. The van der Waals surface area contributed by atoms with Gasteiger partial charge in [0.15, 0.2) is 0 Å². The average Bonchev–Trinajstić information content (AvgIpc) is 3.07. The Balaban J connectivity index is 1.25. The Labute approximate surface area is 211 Å². The molecule has 2 fully saturated rings. The van der Waals surface area contributed by atoms with E-state index in [1.54, 1.807) is 18.2 Å². The summed E-state index contributed by atoms with van der Waals surface area (Å²) in [5.41, 5.74) is 2.93. The molecule has 0 aliphatic heterocycles. The molecule has 2 aromatic carbocycles. The van der Waals surface area contributed by atoms with E-state index in [0.717, 1.165) is 38.5 Å². The smallest absolute Gasteiger partial charge is 0.251 e. The van der Waals surface area contributed by atoms with Crippen molar-refractivity contribution in [1.82, 2.24) is 5.32 Å². The van der Waals surface area contributed by atoms with Gasteiger partial charge in [0.1, 0.15) is 11.5 Å². The fourth-order valence-corrected chi connectivity index (χ4v) is 7.50. The van der Waals surface area contributed by atoms with E-state index in [-0.39, 0.29) is 11.3 Å². The largest absolute Gasteiger partial charge is 0.508 e. The van der Waals surface area contributed by atoms with Gasteiger partial charge in [-0.05, 0) is 104 Å². The van der Waals surface area contributed by atoms with Crippen molar-refractivity contribution in [1.29, 1.82) is 0 Å². The number of nitrogens with one attached hydrogen (secondary N) is 1. The molecule has 0 spiro atoms. The normalized spacial score (nSPS) is 29.8. The molecule has 0 bridgehead atoms. The van der Waals surface area contributed by atoms with Crippen LogP contribution >= 0.6 is 23.2 Å². The van der Waals surface area contributed by atoms with E-state index in [2.05, 4.69) is 18.3 Å². The van der Waals surface area contributed by atoms with Gasteiger partial charge >= 0.3 is 0 Å². The highest BCUT2D eigenvalue weighted by molar-refractivity contribution is 6.42. The lowest BCUT2D eigenvalue weighted by molar-refractivity contribution is -0.129. The van der Waals surface area contributed by atoms with Crippen molar-refractivity contribution >= 4 is 34.9 Å². The SMILES string of the molecule is C[C@]12CC[C@@H]3c4ccc(O)cc4CC[C@H]3[C@@H]1C(CCCNC(=O)c1ccc(Cl)c(Cl)c1)CC2=O. The monoisotopic (exact) mass is 499 g/mol. The molecule has 0 heterocycles. The molecule has 5 rings (SSSR count). The Morgan fingerprint density at radius 2 is 1.97 bits per heavy atom. The van der Waals surface area contributed by atoms with Crippen molar-refractivity contribution in [3.8, 4) is 5.75 Å². The number of hydrogen-bond donors (Lipinski definition) is 2. The molecule has 3 aliphatic rings. The molecule has 0 radical (unpaired) electrons. The molecule has 3 aliphatic carbocycles. The highest BCUT2D eigenvalue weighted by Gasteiger charge is 2.58. The Bertz CT molecular complexity index is 1130. The number of Topliss-reactive ketones (excluding diaryl/α,β-unsaturated/α-hetero) is 1. The second-order valence-corrected chi connectivity index (χ2v) is 11.4. The molecule has 5 atom stereocenters. The van der Waals surface area contributed by atoms with Gasteiger partial charge in [-0.3, -0.25) is 9.59 Å². The van der Waals surface area contributed by atoms with Gasteiger partial charge in [-0.2, -0.15) is 0 Å². The third kappa shape index (κ3) is 4.13. The summed E-state index contributed by atoms with van der Waals surface area (Å²) in [6.07, 6.45) is 6.50. The number of amides is 1. The van der Waals surface area contributed by atoms with Gasteiger partial charge in [-0.15, -0.1) is 0 Å². The zero-order valence-corrected chi connectivity index (χ0v) is 21.0. The van der Waals surface area contributed by atoms with Crippen LogP contribution in [0.15, 0.2) is 36.4 Å². The van der Waals surface area contributed by atoms with E-state index in [4.69, 9.17) is 23.2 Å². The number of carbonyl (C=O) groups is 2. The number of hydrogen-bond acceptors (Lipinski definition) is 3. The van der Waals surface area contributed by atoms with Gasteiger partial charge in [-0.1, -0.05) is 36.2 Å². The number of ketones is 1. The lowest BCUT2D eigenvalue weighted by Crippen LogP contribution is -2.44. The fourth-order valence-electron chi connectivity index (χ4n) is 7.20. The van der Waals surface area contributed by atoms with E-state index in [0.29, 0.717) is 63.8 Å². The Morgan fingerprint density at radius 3 is 2.76 bits per heavy atom. The summed E-state index contributed by atoms with van der Waals surface area (Å²) in [5, 5.41) is 13.7. The van der Waals surface area contributed by atoms with Crippen molar-refractivity contribution in [2.24, 2.45) is 23.2 Å². The average molecular weight is 500 g/mol. The molecular weight excluding hydrogens is 469 g/mol. The third-order valence-corrected chi connectivity index (χ3v) is 9.51. The first-order valence-electron chi connectivity index (χ1n) is 12.4. The Kier molecular flexibility index (Phi) is 6.41. The van der Waals surface area contributed by atoms with E-state index in [1.807, 2.05) is 12.1 Å². The van der Waals surface area contributed by atoms with Crippen molar-refractivity contribution in [2.45, 2.75) is 57.8 Å². The summed E-state index contributed by atoms with van der Waals surface area (Å²) in [7, 11) is 0. The van der Waals surface area contributed by atoms with Crippen LogP contribution in [0.2, 0.25) is 10.0 Å². The minimum Gasteiger partial charge on any atom is -0.508 e. The molecule has 6 heteroatoms. The second kappa shape index (κ2) is 9.20. The molecule has 34 heavy (non-hydrogen) atoms. The van der Waals surface area contributed by atoms with Crippen molar-refractivity contribution in [3.63, 3.8) is 0 Å². The number of aromatic hydroxyl groups is 1. The third-order valence-electron chi connectivity index (χ3n) is 8.77. The summed E-state index contributed by atoms with van der Waals surface area (Å²) in [5.74, 6) is 2.36. The molecule has 1 unspecified atom stereocenters. The number of aryl methyl sites for hydroxylation is 1. The molecule has 0 saturated heterocycles. The summed E-state index contributed by atoms with van der Waals surface area (Å²) in [6.45, 7) is 2.78. The number of halogens is 2. The first kappa shape index (κ1) is 23.7. The maximum atomic E-state index is 13.2. The number of phenolic OH excluding ortho intramolecular Hbond substituents is 1. The summed E-state index contributed by atoms with van der Waals surface area (Å²) >= 11 is 12.0. The van der Waals surface area contributed by atoms with Gasteiger partial charge in [0.05, 0.1) is 10.0 Å². The molecule has 180 valence electrons. The topological polar surface area (TPSA) is 66.4 Å². The first-order chi connectivity index (χ1) is 16.3. The van der Waals surface area contributed by atoms with E-state index in [9.17, 15) is 14.7 Å². The predicted molar refractivity (Wildman–Crippen MR) is 135 cm³/mol. The van der Waals surface area contributed by atoms with Gasteiger partial charge in [0, 0.05) is 23.9 Å². The number of phenols is 1. The fraction of sp³-hybridized carbons (Fsp3) is 0.500. The summed E-state index contributed by atoms with van der Waals surface area (Å²) in [6, 6.07) is 10.7. The van der Waals surface area contributed by atoms with Crippen LogP contribution in [-0.4, -0.2) is 23.3 Å². The van der Waals surface area contributed by atoms with Crippen LogP contribution in [0.5, 0.6) is 5.75 Å². The minimum absolute atomic E-state index is 0.157. The molecule has 4 nitrogen and oxygen atoms in total. The van der Waals surface area contributed by atoms with Crippen molar-refractivity contribution in [2.75, 3.05) is 6.54 Å². The number of benzene rings is 2. The van der Waals surface area contributed by atoms with Crippen LogP contribution < -0.4 is 5.32 Å². The highest BCUT2D eigenvalue weighted by atomic mass is 35.5. The van der Waals surface area contributed by atoms with E-state index >= 15 is 0 Å². The van der Waals surface area contributed by atoms with Crippen LogP contribution in [0, 0.1) is 23.2 Å². The first-order valence-corrected chi connectivity index (χ1v) is 13.1. The predicted octanol–water partition coefficient (Wildman–Crippen LogP) is 6.56. The zero-order valence-electron chi connectivity index (χ0n) is 19.4. The van der Waals surface area contributed by atoms with Gasteiger partial charge in [-0.25, -0.2) is 0 Å². The highest BCUT2D eigenvalue weighted by Crippen LogP contribution is 2.62. The molecule has 1 amide bonds. The zero-order chi connectivity index (χ0) is 24.0. The quantitative estimate of drug-likeness (QED) is 0.457. The maximum Gasteiger partial charge on any atom is 0.251 e. The second-order valence-electron chi connectivity index (χ2n) is 10.6. The summed E-state index contributed by atoms with van der Waals surface area (Å²) < 4.78 is 0. The standard InChI is InChI=1S/C28H31Cl2NO3/c1-28-11-10-21-20-8-6-19(32)13-16(20)4-7-22(21)26(28)17(15-25(28)33)3-2-12-31-27(34)18-5-9-23(29)24(30)14-18/h5-6,8-9,13-14,17,21-22,26,32H,2-4,7,10-12,15H2,1H3,(H,31,34)/t17?,21-,22-,26+,28-/m1/s1. The van der Waals surface area contributed by atoms with Crippen LogP contribution in [0.3, 0.4) is 0 Å². The van der Waals surface area contributed by atoms with Crippen LogP contribution in [0.25, 0.3) is 0 Å². The van der Waals surface area contributed by atoms with Gasteiger partial charge < -0.3 is 10.4 Å². The van der Waals surface area contributed by atoms with Gasteiger partial charge in [0.2, 0.25) is 0 Å². The Morgan fingerprint density at radius 1 is 1.15 bits per heavy atom. The molecule has 2 N–H and O–H groups in total. The number of carbonyl (C=O) groups excluding carboxylic acids is 2. The lowest BCUT2D eigenvalue weighted by atomic mass is 9.54. The van der Waals surface area contributed by atoms with Gasteiger partial charge in [0.25, 0.3) is 5.91 Å². The molecule has 2 aromatic rings. The number of fused-ring (bicyclic) bond motifs is 5. The summed E-state index contributed by atoms with van der Waals surface area (Å²) in [4.78, 5) is 25.6. The van der Waals surface area contributed by atoms with Crippen molar-refractivity contribution < 1.29 is 14.7 Å².